The normalized spacial score (nSPS) is 21.8. The Balaban J connectivity index is 1.20. The molecule has 2 aliphatic heterocycles. The lowest BCUT2D eigenvalue weighted by Gasteiger charge is -2.38. The number of halogens is 3. The Hall–Kier alpha value is -3.49. The van der Waals surface area contributed by atoms with Crippen LogP contribution in [0.15, 0.2) is 30.5 Å². The highest BCUT2D eigenvalue weighted by Gasteiger charge is 2.39. The van der Waals surface area contributed by atoms with E-state index in [-0.39, 0.29) is 29.6 Å². The molecule has 1 aromatic carbocycles. The number of rotatable bonds is 9. The smallest absolute Gasteiger partial charge is 0.379 e. The number of anilines is 3. The van der Waals surface area contributed by atoms with Crippen molar-refractivity contribution >= 4 is 29.3 Å². The van der Waals surface area contributed by atoms with E-state index < -0.39 is 23.7 Å². The van der Waals surface area contributed by atoms with Crippen LogP contribution in [0.1, 0.15) is 49.0 Å². The number of alkyl halides is 3. The van der Waals surface area contributed by atoms with E-state index in [1.165, 1.54) is 0 Å². The molecular formula is C30H41F3N8O3. The molecule has 0 radical (unpaired) electrons. The Morgan fingerprint density at radius 3 is 2.34 bits per heavy atom. The molecule has 1 aromatic heterocycles. The van der Waals surface area contributed by atoms with Gasteiger partial charge in [-0.2, -0.15) is 18.2 Å². The van der Waals surface area contributed by atoms with Gasteiger partial charge in [-0.3, -0.25) is 19.4 Å². The van der Waals surface area contributed by atoms with E-state index in [2.05, 4.69) is 35.7 Å². The minimum Gasteiger partial charge on any atom is -0.379 e. The number of hydrogen-bond acceptors (Lipinski definition) is 9. The molecule has 2 aromatic rings. The largest absolute Gasteiger partial charge is 0.421 e. The van der Waals surface area contributed by atoms with Gasteiger partial charge in [0.25, 0.3) is 5.91 Å². The highest BCUT2D eigenvalue weighted by atomic mass is 19.4. The minimum atomic E-state index is -4.68. The van der Waals surface area contributed by atoms with Gasteiger partial charge in [-0.1, -0.05) is 6.42 Å². The van der Waals surface area contributed by atoms with Crippen molar-refractivity contribution in [2.24, 2.45) is 5.92 Å². The highest BCUT2D eigenvalue weighted by molar-refractivity contribution is 5.94. The summed E-state index contributed by atoms with van der Waals surface area (Å²) < 4.78 is 46.9. The van der Waals surface area contributed by atoms with Crippen LogP contribution in [0.2, 0.25) is 0 Å². The summed E-state index contributed by atoms with van der Waals surface area (Å²) in [5, 5.41) is 8.70. The molecule has 1 saturated carbocycles. The zero-order chi connectivity index (χ0) is 31.3. The topological polar surface area (TPSA) is 115 Å². The zero-order valence-electron chi connectivity index (χ0n) is 25.2. The number of aromatic nitrogens is 2. The Labute approximate surface area is 255 Å². The maximum atomic E-state index is 13.8. The second kappa shape index (κ2) is 14.1. The van der Waals surface area contributed by atoms with Crippen LogP contribution in [0.4, 0.5) is 30.6 Å². The molecular weight excluding hydrogens is 577 g/mol. The number of hydrogen-bond donors (Lipinski definition) is 3. The molecule has 3 heterocycles. The SMILES string of the molecule is CC(C)NC(=O)[C@H]1CCC[C@H]1Nc1nc(Nc2ccc(C(=O)N3CCN(CN4CCOCC4)CC3)cc2)ncc1C(F)(F)F. The highest BCUT2D eigenvalue weighted by Crippen LogP contribution is 2.37. The van der Waals surface area contributed by atoms with Crippen molar-refractivity contribution in [3.05, 3.63) is 41.6 Å². The van der Waals surface area contributed by atoms with Crippen LogP contribution < -0.4 is 16.0 Å². The van der Waals surface area contributed by atoms with Gasteiger partial charge >= 0.3 is 6.18 Å². The van der Waals surface area contributed by atoms with E-state index in [1.807, 2.05) is 18.7 Å². The fraction of sp³-hybridized carbons (Fsp3) is 0.600. The lowest BCUT2D eigenvalue weighted by atomic mass is 10.0. The molecule has 240 valence electrons. The number of ether oxygens (including phenoxy) is 1. The first-order chi connectivity index (χ1) is 21.1. The predicted molar refractivity (Wildman–Crippen MR) is 160 cm³/mol. The number of piperazine rings is 1. The van der Waals surface area contributed by atoms with Gasteiger partial charge < -0.3 is 25.6 Å². The molecule has 14 heteroatoms. The molecule has 2 saturated heterocycles. The summed E-state index contributed by atoms with van der Waals surface area (Å²) in [6, 6.07) is 6.18. The van der Waals surface area contributed by atoms with E-state index in [1.54, 1.807) is 24.3 Å². The number of amides is 2. The molecule has 2 atom stereocenters. The van der Waals surface area contributed by atoms with E-state index in [0.29, 0.717) is 37.2 Å². The molecule has 3 N–H and O–H groups in total. The maximum absolute atomic E-state index is 13.8. The third-order valence-electron chi connectivity index (χ3n) is 8.25. The molecule has 3 aliphatic rings. The molecule has 0 bridgehead atoms. The van der Waals surface area contributed by atoms with Crippen molar-refractivity contribution < 1.29 is 27.5 Å². The standard InChI is InChI=1S/C30H41F3N8O3/c1-20(2)35-27(42)23-4-3-5-25(23)37-26-24(30(31,32)33)18-34-29(38-26)36-22-8-6-21(7-9-22)28(43)41-12-10-39(11-13-41)19-40-14-16-44-17-15-40/h6-9,18,20,23,25H,3-5,10-17,19H2,1-2H3,(H,35,42)(H2,34,36,37,38)/t23-,25+/m0/s1. The Kier molecular flexibility index (Phi) is 10.2. The third-order valence-corrected chi connectivity index (χ3v) is 8.25. The van der Waals surface area contributed by atoms with Crippen LogP contribution in [0, 0.1) is 5.92 Å². The van der Waals surface area contributed by atoms with Crippen molar-refractivity contribution in [3.8, 4) is 0 Å². The fourth-order valence-electron chi connectivity index (χ4n) is 5.90. The molecule has 1 aliphatic carbocycles. The summed E-state index contributed by atoms with van der Waals surface area (Å²) >= 11 is 0. The lowest BCUT2D eigenvalue weighted by molar-refractivity contribution is -0.137. The van der Waals surface area contributed by atoms with E-state index in [9.17, 15) is 22.8 Å². The lowest BCUT2D eigenvalue weighted by Crippen LogP contribution is -2.53. The Bertz CT molecular complexity index is 1280. The average Bonchev–Trinajstić information content (AvgIpc) is 3.46. The average molecular weight is 619 g/mol. The quantitative estimate of drug-likeness (QED) is 0.389. The van der Waals surface area contributed by atoms with Gasteiger partial charge in [0.2, 0.25) is 11.9 Å². The number of carbonyl (C=O) groups excluding carboxylic acids is 2. The van der Waals surface area contributed by atoms with Crippen molar-refractivity contribution in [1.29, 1.82) is 0 Å². The molecule has 3 fully saturated rings. The van der Waals surface area contributed by atoms with Gasteiger partial charge in [0.05, 0.1) is 25.8 Å². The third kappa shape index (κ3) is 8.16. The zero-order valence-corrected chi connectivity index (χ0v) is 25.2. The van der Waals surface area contributed by atoms with E-state index in [4.69, 9.17) is 4.74 Å². The van der Waals surface area contributed by atoms with Crippen LogP contribution in [0.25, 0.3) is 0 Å². The van der Waals surface area contributed by atoms with Gasteiger partial charge in [0, 0.05) is 68.8 Å². The summed E-state index contributed by atoms with van der Waals surface area (Å²) in [6.45, 7) is 10.8. The molecule has 5 rings (SSSR count). The predicted octanol–water partition coefficient (Wildman–Crippen LogP) is 3.39. The van der Waals surface area contributed by atoms with Crippen molar-refractivity contribution in [1.82, 2.24) is 30.0 Å². The van der Waals surface area contributed by atoms with Gasteiger partial charge in [-0.25, -0.2) is 4.98 Å². The van der Waals surface area contributed by atoms with Crippen LogP contribution >= 0.6 is 0 Å². The fourth-order valence-corrected chi connectivity index (χ4v) is 5.90. The van der Waals surface area contributed by atoms with Crippen molar-refractivity contribution in [2.45, 2.75) is 51.4 Å². The van der Waals surface area contributed by atoms with Crippen molar-refractivity contribution in [3.63, 3.8) is 0 Å². The van der Waals surface area contributed by atoms with Crippen molar-refractivity contribution in [2.75, 3.05) is 69.8 Å². The molecule has 0 spiro atoms. The summed E-state index contributed by atoms with van der Waals surface area (Å²) in [7, 11) is 0. The number of benzene rings is 1. The second-order valence-electron chi connectivity index (χ2n) is 11.9. The molecule has 44 heavy (non-hydrogen) atoms. The van der Waals surface area contributed by atoms with Gasteiger partial charge in [-0.15, -0.1) is 0 Å². The van der Waals surface area contributed by atoms with Crippen LogP contribution in [-0.2, 0) is 15.7 Å². The molecule has 2 amide bonds. The Morgan fingerprint density at radius 1 is 1.00 bits per heavy atom. The first-order valence-electron chi connectivity index (χ1n) is 15.3. The number of nitrogens with zero attached hydrogens (tertiary/aromatic N) is 5. The van der Waals surface area contributed by atoms with Gasteiger partial charge in [0.1, 0.15) is 11.4 Å². The first kappa shape index (κ1) is 31.9. The first-order valence-corrected chi connectivity index (χ1v) is 15.3. The number of carbonyl (C=O) groups is 2. The van der Waals surface area contributed by atoms with Crippen LogP contribution in [-0.4, -0.2) is 108 Å². The second-order valence-corrected chi connectivity index (χ2v) is 11.9. The molecule has 11 nitrogen and oxygen atoms in total. The monoisotopic (exact) mass is 618 g/mol. The Morgan fingerprint density at radius 2 is 1.68 bits per heavy atom. The minimum absolute atomic E-state index is 0.0304. The summed E-state index contributed by atoms with van der Waals surface area (Å²) in [6.07, 6.45) is -2.07. The van der Waals surface area contributed by atoms with Gasteiger partial charge in [0.15, 0.2) is 0 Å². The summed E-state index contributed by atoms with van der Waals surface area (Å²) in [5.74, 6) is -1.10. The summed E-state index contributed by atoms with van der Waals surface area (Å²) in [4.78, 5) is 40.4. The van der Waals surface area contributed by atoms with E-state index >= 15 is 0 Å². The summed E-state index contributed by atoms with van der Waals surface area (Å²) in [5.41, 5.74) is 0.0569. The number of nitrogens with one attached hydrogen (secondary N) is 3. The van der Waals surface area contributed by atoms with Crippen LogP contribution in [0.3, 0.4) is 0 Å². The molecule has 0 unspecified atom stereocenters. The van der Waals surface area contributed by atoms with Gasteiger partial charge in [-0.05, 0) is 51.0 Å². The maximum Gasteiger partial charge on any atom is 0.421 e. The number of morpholine rings is 1. The van der Waals surface area contributed by atoms with Crippen LogP contribution in [0.5, 0.6) is 0 Å². The van der Waals surface area contributed by atoms with E-state index in [0.717, 1.165) is 58.7 Å².